The number of ether oxygens (including phenoxy) is 2. The predicted molar refractivity (Wildman–Crippen MR) is 107 cm³/mol. The van der Waals surface area contributed by atoms with Gasteiger partial charge in [-0.25, -0.2) is 9.78 Å². The van der Waals surface area contributed by atoms with Gasteiger partial charge in [-0.15, -0.1) is 0 Å². The maximum Gasteiger partial charge on any atom is 0.407 e. The van der Waals surface area contributed by atoms with Crippen molar-refractivity contribution in [1.29, 1.82) is 0 Å². The van der Waals surface area contributed by atoms with Crippen molar-refractivity contribution >= 4 is 12.1 Å². The Labute approximate surface area is 162 Å². The molecule has 8 heteroatoms. The maximum absolute atomic E-state index is 11.6. The number of nitrogens with one attached hydrogen (secondary N) is 3. The van der Waals surface area contributed by atoms with E-state index in [1.54, 1.807) is 13.2 Å². The number of nitrogens with zero attached hydrogens (tertiary/aromatic N) is 2. The molecular formula is C19H33N5O3. The van der Waals surface area contributed by atoms with Gasteiger partial charge in [0.1, 0.15) is 5.60 Å². The van der Waals surface area contributed by atoms with Gasteiger partial charge in [0.25, 0.3) is 0 Å². The first kappa shape index (κ1) is 22.5. The number of hydrogen-bond acceptors (Lipinski definition) is 5. The third kappa shape index (κ3) is 10.3. The zero-order valence-corrected chi connectivity index (χ0v) is 17.1. The molecule has 1 aromatic heterocycles. The van der Waals surface area contributed by atoms with Crippen LogP contribution in [0.3, 0.4) is 0 Å². The highest BCUT2D eigenvalue weighted by Crippen LogP contribution is 2.14. The van der Waals surface area contributed by atoms with Gasteiger partial charge in [-0.05, 0) is 39.7 Å². The number of guanidine groups is 1. The van der Waals surface area contributed by atoms with Crippen LogP contribution in [-0.2, 0) is 11.3 Å². The van der Waals surface area contributed by atoms with E-state index in [-0.39, 0.29) is 0 Å². The molecule has 0 aliphatic carbocycles. The van der Waals surface area contributed by atoms with Gasteiger partial charge in [-0.3, -0.25) is 4.99 Å². The van der Waals surface area contributed by atoms with Gasteiger partial charge in [0.05, 0.1) is 6.61 Å². The Bertz CT molecular complexity index is 599. The fourth-order valence-corrected chi connectivity index (χ4v) is 2.09. The van der Waals surface area contributed by atoms with Crippen LogP contribution in [0, 0.1) is 0 Å². The van der Waals surface area contributed by atoms with Gasteiger partial charge in [-0.1, -0.05) is 13.0 Å². The van der Waals surface area contributed by atoms with Crippen LogP contribution >= 0.6 is 0 Å². The number of aromatic nitrogens is 1. The standard InChI is InChI=1S/C19H33N5O3/c1-6-13-26-16-15(9-7-10-21-16)14-24-17(20-5)22-11-8-12-23-18(25)27-19(2,3)4/h7,9-10H,6,8,11-14H2,1-5H3,(H,23,25)(H2,20,22,24). The fourth-order valence-electron chi connectivity index (χ4n) is 2.09. The summed E-state index contributed by atoms with van der Waals surface area (Å²) in [7, 11) is 1.71. The van der Waals surface area contributed by atoms with Gasteiger partial charge < -0.3 is 25.4 Å². The van der Waals surface area contributed by atoms with Crippen molar-refractivity contribution < 1.29 is 14.3 Å². The highest BCUT2D eigenvalue weighted by molar-refractivity contribution is 5.79. The zero-order chi connectivity index (χ0) is 20.1. The summed E-state index contributed by atoms with van der Waals surface area (Å²) >= 11 is 0. The first-order chi connectivity index (χ1) is 12.9. The summed E-state index contributed by atoms with van der Waals surface area (Å²) in [5.74, 6) is 1.32. The van der Waals surface area contributed by atoms with E-state index in [2.05, 4.69) is 32.9 Å². The normalized spacial score (nSPS) is 11.7. The second-order valence-electron chi connectivity index (χ2n) is 6.95. The van der Waals surface area contributed by atoms with E-state index in [0.29, 0.717) is 38.1 Å². The Morgan fingerprint density at radius 3 is 2.63 bits per heavy atom. The monoisotopic (exact) mass is 379 g/mol. The fraction of sp³-hybridized carbons (Fsp3) is 0.632. The predicted octanol–water partition coefficient (Wildman–Crippen LogP) is 2.45. The van der Waals surface area contributed by atoms with Crippen LogP contribution in [0.5, 0.6) is 5.88 Å². The minimum atomic E-state index is -0.486. The number of alkyl carbamates (subject to hydrolysis) is 1. The van der Waals surface area contributed by atoms with Gasteiger partial charge in [0.15, 0.2) is 5.96 Å². The molecule has 0 aromatic carbocycles. The van der Waals surface area contributed by atoms with Crippen molar-refractivity contribution in [3.63, 3.8) is 0 Å². The van der Waals surface area contributed by atoms with Crippen LogP contribution in [0.1, 0.15) is 46.1 Å². The van der Waals surface area contributed by atoms with Gasteiger partial charge in [0, 0.05) is 38.4 Å². The molecule has 0 saturated heterocycles. The molecule has 8 nitrogen and oxygen atoms in total. The first-order valence-corrected chi connectivity index (χ1v) is 9.33. The van der Waals surface area contributed by atoms with Crippen molar-refractivity contribution in [2.45, 2.75) is 52.7 Å². The molecule has 1 rings (SSSR count). The van der Waals surface area contributed by atoms with E-state index in [4.69, 9.17) is 9.47 Å². The van der Waals surface area contributed by atoms with E-state index < -0.39 is 11.7 Å². The molecule has 0 aliphatic rings. The van der Waals surface area contributed by atoms with E-state index in [1.165, 1.54) is 0 Å². The Kier molecular flexibility index (Phi) is 10.00. The summed E-state index contributed by atoms with van der Waals surface area (Å²) in [5.41, 5.74) is 0.487. The smallest absolute Gasteiger partial charge is 0.407 e. The van der Waals surface area contributed by atoms with Crippen molar-refractivity contribution in [1.82, 2.24) is 20.9 Å². The molecule has 1 amide bonds. The average Bonchev–Trinajstić information content (AvgIpc) is 2.61. The topological polar surface area (TPSA) is 96.9 Å². The van der Waals surface area contributed by atoms with Crippen LogP contribution in [0.4, 0.5) is 4.79 Å². The molecular weight excluding hydrogens is 346 g/mol. The number of hydrogen-bond donors (Lipinski definition) is 3. The van der Waals surface area contributed by atoms with E-state index in [0.717, 1.165) is 18.4 Å². The highest BCUT2D eigenvalue weighted by Gasteiger charge is 2.15. The quantitative estimate of drug-likeness (QED) is 0.346. The summed E-state index contributed by atoms with van der Waals surface area (Å²) in [5, 5.41) is 9.18. The third-order valence-electron chi connectivity index (χ3n) is 3.28. The number of aliphatic imine (C=N–C) groups is 1. The molecule has 0 radical (unpaired) electrons. The summed E-state index contributed by atoms with van der Waals surface area (Å²) in [6.07, 6.45) is 3.00. The minimum absolute atomic E-state index is 0.402. The molecule has 1 heterocycles. The zero-order valence-electron chi connectivity index (χ0n) is 17.1. The highest BCUT2D eigenvalue weighted by atomic mass is 16.6. The summed E-state index contributed by atoms with van der Waals surface area (Å²) in [6, 6.07) is 3.86. The van der Waals surface area contributed by atoms with Crippen molar-refractivity contribution in [3.8, 4) is 5.88 Å². The van der Waals surface area contributed by atoms with Crippen molar-refractivity contribution in [2.75, 3.05) is 26.7 Å². The lowest BCUT2D eigenvalue weighted by Crippen LogP contribution is -2.39. The molecule has 27 heavy (non-hydrogen) atoms. The second-order valence-corrected chi connectivity index (χ2v) is 6.95. The first-order valence-electron chi connectivity index (χ1n) is 9.33. The number of amides is 1. The molecule has 0 unspecified atom stereocenters. The number of rotatable bonds is 9. The van der Waals surface area contributed by atoms with Crippen molar-refractivity contribution in [2.24, 2.45) is 4.99 Å². The van der Waals surface area contributed by atoms with Crippen LogP contribution in [-0.4, -0.2) is 49.4 Å². The Balaban J connectivity index is 2.31. The number of carbonyl (C=O) groups is 1. The third-order valence-corrected chi connectivity index (χ3v) is 3.28. The molecule has 0 spiro atoms. The molecule has 0 saturated carbocycles. The van der Waals surface area contributed by atoms with Crippen molar-refractivity contribution in [3.05, 3.63) is 23.9 Å². The lowest BCUT2D eigenvalue weighted by molar-refractivity contribution is 0.0527. The Morgan fingerprint density at radius 1 is 1.22 bits per heavy atom. The summed E-state index contributed by atoms with van der Waals surface area (Å²) in [6.45, 7) is 9.97. The van der Waals surface area contributed by atoms with E-state index >= 15 is 0 Å². The lowest BCUT2D eigenvalue weighted by Gasteiger charge is -2.19. The van der Waals surface area contributed by atoms with Gasteiger partial charge in [-0.2, -0.15) is 0 Å². The van der Waals surface area contributed by atoms with Crippen LogP contribution in [0.25, 0.3) is 0 Å². The molecule has 0 bridgehead atoms. The molecule has 152 valence electrons. The molecule has 3 N–H and O–H groups in total. The van der Waals surface area contributed by atoms with Gasteiger partial charge >= 0.3 is 6.09 Å². The minimum Gasteiger partial charge on any atom is -0.477 e. The maximum atomic E-state index is 11.6. The van der Waals surface area contributed by atoms with E-state index in [9.17, 15) is 4.79 Å². The second kappa shape index (κ2) is 12.0. The van der Waals surface area contributed by atoms with E-state index in [1.807, 2.05) is 32.9 Å². The summed E-state index contributed by atoms with van der Waals surface area (Å²) < 4.78 is 10.8. The SMILES string of the molecule is CCCOc1ncccc1CNC(=NC)NCCCNC(=O)OC(C)(C)C. The Hall–Kier alpha value is -2.51. The molecule has 0 aliphatic heterocycles. The van der Waals surface area contributed by atoms with Crippen LogP contribution in [0.15, 0.2) is 23.3 Å². The summed E-state index contributed by atoms with van der Waals surface area (Å²) in [4.78, 5) is 20.0. The number of carbonyl (C=O) groups excluding carboxylic acids is 1. The molecule has 1 aromatic rings. The molecule has 0 fully saturated rings. The van der Waals surface area contributed by atoms with Crippen LogP contribution < -0.4 is 20.7 Å². The Morgan fingerprint density at radius 2 is 1.96 bits per heavy atom. The largest absolute Gasteiger partial charge is 0.477 e. The van der Waals surface area contributed by atoms with Crippen LogP contribution in [0.2, 0.25) is 0 Å². The lowest BCUT2D eigenvalue weighted by atomic mass is 10.2. The van der Waals surface area contributed by atoms with Gasteiger partial charge in [0.2, 0.25) is 5.88 Å². The number of pyridine rings is 1. The average molecular weight is 380 g/mol. The molecule has 0 atom stereocenters.